The molecule has 0 aromatic heterocycles. The highest BCUT2D eigenvalue weighted by molar-refractivity contribution is 9.10. The highest BCUT2D eigenvalue weighted by Gasteiger charge is 2.36. The number of para-hydroxylation sites is 1. The molecule has 0 atom stereocenters. The maximum absolute atomic E-state index is 13.0. The van der Waals surface area contributed by atoms with Gasteiger partial charge in [0.15, 0.2) is 11.5 Å². The minimum absolute atomic E-state index is 0.189. The zero-order valence-electron chi connectivity index (χ0n) is 21.1. The average molecular weight is 638 g/mol. The molecule has 0 unspecified atom stereocenters. The summed E-state index contributed by atoms with van der Waals surface area (Å²) >= 11 is 10.4. The molecule has 0 spiro atoms. The number of methoxy groups -OCH3 is 1. The summed E-state index contributed by atoms with van der Waals surface area (Å²) in [7, 11) is 1.53. The smallest absolute Gasteiger partial charge is 0.294 e. The second kappa shape index (κ2) is 12.2. The van der Waals surface area contributed by atoms with Crippen LogP contribution in [0.15, 0.2) is 88.2 Å². The Kier molecular flexibility index (Phi) is 8.44. The van der Waals surface area contributed by atoms with Crippen molar-refractivity contribution in [3.63, 3.8) is 0 Å². The van der Waals surface area contributed by atoms with Gasteiger partial charge in [-0.1, -0.05) is 66.2 Å². The fraction of sp³-hybridized carbons (Fsp3) is 0.100. The molecule has 10 heteroatoms. The standard InChI is InChI=1S/C30H22BrClN2O5S/c1-38-25-14-18(13-22(31)28(25)39-17-20-9-6-8-19-7-2-3-10-21(19)20)15-26-29(36)34(30(37)40-26)16-27(35)33-24-12-5-4-11-23(24)32/h2-15H,16-17H2,1H3,(H,33,35)/b26-15-. The largest absolute Gasteiger partial charge is 0.493 e. The molecule has 0 saturated carbocycles. The second-order valence-corrected chi connectivity index (χ2v) is 11.0. The Balaban J connectivity index is 1.31. The Hall–Kier alpha value is -3.79. The Morgan fingerprint density at radius 1 is 1.05 bits per heavy atom. The van der Waals surface area contributed by atoms with Gasteiger partial charge in [0, 0.05) is 0 Å². The summed E-state index contributed by atoms with van der Waals surface area (Å²) in [5.41, 5.74) is 2.05. The quantitative estimate of drug-likeness (QED) is 0.201. The minimum atomic E-state index is -0.560. The molecule has 0 bridgehead atoms. The van der Waals surface area contributed by atoms with E-state index in [0.29, 0.717) is 38.9 Å². The molecule has 202 valence electrons. The minimum Gasteiger partial charge on any atom is -0.493 e. The van der Waals surface area contributed by atoms with Crippen molar-refractivity contribution in [3.8, 4) is 11.5 Å². The number of hydrogen-bond acceptors (Lipinski definition) is 6. The number of fused-ring (bicyclic) bond motifs is 1. The Morgan fingerprint density at radius 2 is 1.80 bits per heavy atom. The molecule has 0 radical (unpaired) electrons. The lowest BCUT2D eigenvalue weighted by molar-refractivity contribution is -0.127. The number of amides is 3. The highest BCUT2D eigenvalue weighted by atomic mass is 79.9. The number of benzene rings is 4. The summed E-state index contributed by atoms with van der Waals surface area (Å²) in [6.45, 7) is -0.105. The lowest BCUT2D eigenvalue weighted by Gasteiger charge is -2.15. The Bertz CT molecular complexity index is 1670. The van der Waals surface area contributed by atoms with Crippen LogP contribution in [0.1, 0.15) is 11.1 Å². The van der Waals surface area contributed by atoms with Gasteiger partial charge in [-0.2, -0.15) is 0 Å². The summed E-state index contributed by atoms with van der Waals surface area (Å²) in [5, 5.41) is 4.67. The van der Waals surface area contributed by atoms with E-state index in [1.54, 1.807) is 42.5 Å². The summed E-state index contributed by atoms with van der Waals surface area (Å²) in [6, 6.07) is 24.4. The highest BCUT2D eigenvalue weighted by Crippen LogP contribution is 2.40. The zero-order chi connectivity index (χ0) is 28.2. The van der Waals surface area contributed by atoms with Crippen molar-refractivity contribution in [2.45, 2.75) is 6.61 Å². The lowest BCUT2D eigenvalue weighted by atomic mass is 10.1. The van der Waals surface area contributed by atoms with Gasteiger partial charge in [-0.05, 0) is 79.9 Å². The third kappa shape index (κ3) is 6.01. The van der Waals surface area contributed by atoms with Gasteiger partial charge < -0.3 is 14.8 Å². The van der Waals surface area contributed by atoms with Crippen molar-refractivity contribution < 1.29 is 23.9 Å². The molecule has 1 heterocycles. The van der Waals surface area contributed by atoms with Gasteiger partial charge in [0.25, 0.3) is 11.1 Å². The van der Waals surface area contributed by atoms with Crippen molar-refractivity contribution >= 4 is 78.9 Å². The van der Waals surface area contributed by atoms with E-state index in [2.05, 4.69) is 39.4 Å². The molecule has 0 aliphatic carbocycles. The molecule has 1 N–H and O–H groups in total. The number of nitrogens with zero attached hydrogens (tertiary/aromatic N) is 1. The zero-order valence-corrected chi connectivity index (χ0v) is 24.3. The van der Waals surface area contributed by atoms with Gasteiger partial charge in [-0.3, -0.25) is 19.3 Å². The number of hydrogen-bond donors (Lipinski definition) is 1. The van der Waals surface area contributed by atoms with E-state index in [0.717, 1.165) is 33.0 Å². The van der Waals surface area contributed by atoms with Crippen molar-refractivity contribution in [1.82, 2.24) is 4.90 Å². The van der Waals surface area contributed by atoms with Crippen molar-refractivity contribution in [3.05, 3.63) is 104 Å². The fourth-order valence-corrected chi connectivity index (χ4v) is 5.81. The molecule has 3 amide bonds. The summed E-state index contributed by atoms with van der Waals surface area (Å²) in [5.74, 6) is -0.124. The van der Waals surface area contributed by atoms with Crippen LogP contribution in [-0.2, 0) is 16.2 Å². The fourth-order valence-electron chi connectivity index (χ4n) is 4.22. The van der Waals surface area contributed by atoms with Gasteiger partial charge in [-0.15, -0.1) is 0 Å². The van der Waals surface area contributed by atoms with Gasteiger partial charge >= 0.3 is 0 Å². The number of ether oxygens (including phenoxy) is 2. The second-order valence-electron chi connectivity index (χ2n) is 8.76. The molecule has 4 aromatic carbocycles. The first-order chi connectivity index (χ1) is 19.3. The SMILES string of the molecule is COc1cc(/C=C2\SC(=O)N(CC(=O)Nc3ccccc3Cl)C2=O)cc(Br)c1OCc1cccc2ccccc12. The van der Waals surface area contributed by atoms with Gasteiger partial charge in [-0.25, -0.2) is 0 Å². The van der Waals surface area contributed by atoms with Crippen molar-refractivity contribution in [2.75, 3.05) is 19.0 Å². The first-order valence-electron chi connectivity index (χ1n) is 12.1. The van der Waals surface area contributed by atoms with Crippen LogP contribution in [-0.4, -0.2) is 35.6 Å². The van der Waals surface area contributed by atoms with Crippen LogP contribution in [0.5, 0.6) is 11.5 Å². The molecule has 1 aliphatic rings. The van der Waals surface area contributed by atoms with Crippen LogP contribution in [0.4, 0.5) is 10.5 Å². The Morgan fingerprint density at radius 3 is 2.60 bits per heavy atom. The predicted octanol–water partition coefficient (Wildman–Crippen LogP) is 7.52. The van der Waals surface area contributed by atoms with Crippen LogP contribution in [0, 0.1) is 0 Å². The summed E-state index contributed by atoms with van der Waals surface area (Å²) < 4.78 is 12.4. The van der Waals surface area contributed by atoms with E-state index in [4.69, 9.17) is 21.1 Å². The molecular formula is C30H22BrClN2O5S. The Labute approximate surface area is 248 Å². The number of carbonyl (C=O) groups excluding carboxylic acids is 3. The first kappa shape index (κ1) is 27.8. The van der Waals surface area contributed by atoms with Crippen LogP contribution < -0.4 is 14.8 Å². The number of halogens is 2. The maximum atomic E-state index is 13.0. The number of carbonyl (C=O) groups is 3. The summed E-state index contributed by atoms with van der Waals surface area (Å²) in [4.78, 5) is 39.1. The number of imide groups is 1. The molecular weight excluding hydrogens is 616 g/mol. The van der Waals surface area contributed by atoms with E-state index in [1.165, 1.54) is 7.11 Å². The van der Waals surface area contributed by atoms with Crippen molar-refractivity contribution in [2.24, 2.45) is 0 Å². The van der Waals surface area contributed by atoms with Crippen LogP contribution in [0.3, 0.4) is 0 Å². The summed E-state index contributed by atoms with van der Waals surface area (Å²) in [6.07, 6.45) is 1.58. The number of thioether (sulfide) groups is 1. The first-order valence-corrected chi connectivity index (χ1v) is 14.1. The van der Waals surface area contributed by atoms with Crippen LogP contribution in [0.2, 0.25) is 5.02 Å². The van der Waals surface area contributed by atoms with Gasteiger partial charge in [0.05, 0.1) is 27.2 Å². The van der Waals surface area contributed by atoms with Crippen LogP contribution in [0.25, 0.3) is 16.8 Å². The maximum Gasteiger partial charge on any atom is 0.294 e. The number of rotatable bonds is 8. The molecule has 7 nitrogen and oxygen atoms in total. The molecule has 1 aliphatic heterocycles. The number of anilines is 1. The van der Waals surface area contributed by atoms with Crippen LogP contribution >= 0.6 is 39.3 Å². The normalized spacial score (nSPS) is 14.2. The van der Waals surface area contributed by atoms with E-state index in [9.17, 15) is 14.4 Å². The average Bonchev–Trinajstić information content (AvgIpc) is 3.20. The van der Waals surface area contributed by atoms with E-state index in [-0.39, 0.29) is 4.91 Å². The third-order valence-electron chi connectivity index (χ3n) is 6.12. The van der Waals surface area contributed by atoms with Crippen molar-refractivity contribution in [1.29, 1.82) is 0 Å². The molecule has 4 aromatic rings. The van der Waals surface area contributed by atoms with Gasteiger partial charge in [0.2, 0.25) is 5.91 Å². The third-order valence-corrected chi connectivity index (χ3v) is 7.95. The van der Waals surface area contributed by atoms with E-state index < -0.39 is 23.6 Å². The van der Waals surface area contributed by atoms with E-state index >= 15 is 0 Å². The molecule has 5 rings (SSSR count). The lowest BCUT2D eigenvalue weighted by Crippen LogP contribution is -2.36. The van der Waals surface area contributed by atoms with E-state index in [1.807, 2.05) is 24.3 Å². The molecule has 1 saturated heterocycles. The monoisotopic (exact) mass is 636 g/mol. The molecule has 40 heavy (non-hydrogen) atoms. The number of nitrogens with one attached hydrogen (secondary N) is 1. The topological polar surface area (TPSA) is 84.9 Å². The molecule has 1 fully saturated rings. The predicted molar refractivity (Wildman–Crippen MR) is 162 cm³/mol. The van der Waals surface area contributed by atoms with Gasteiger partial charge in [0.1, 0.15) is 13.2 Å².